The van der Waals surface area contributed by atoms with Crippen LogP contribution in [-0.2, 0) is 0 Å². The van der Waals surface area contributed by atoms with E-state index in [4.69, 9.17) is 5.73 Å². The van der Waals surface area contributed by atoms with Crippen molar-refractivity contribution in [2.75, 3.05) is 13.1 Å². The molecule has 0 saturated carbocycles. The van der Waals surface area contributed by atoms with Crippen LogP contribution in [0.2, 0.25) is 0 Å². The molecule has 0 aromatic rings. The van der Waals surface area contributed by atoms with E-state index < -0.39 is 0 Å². The van der Waals surface area contributed by atoms with E-state index in [0.29, 0.717) is 0 Å². The largest absolute Gasteiger partial charge is 0.330 e. The molecular formula is C5H12N2. The highest BCUT2D eigenvalue weighted by Crippen LogP contribution is 2.03. The molecule has 1 aliphatic heterocycles. The van der Waals surface area contributed by atoms with Crippen molar-refractivity contribution in [3.05, 3.63) is 0 Å². The highest BCUT2D eigenvalue weighted by Gasteiger charge is 2.17. The second-order valence-electron chi connectivity index (χ2n) is 2.04. The fraction of sp³-hybridized carbons (Fsp3) is 1.00. The standard InChI is InChI=1S/C5H12N2/c6-3-1-2-5-4-7-5/h5,7H,1-4,6H2. The first kappa shape index (κ1) is 5.06. The summed E-state index contributed by atoms with van der Waals surface area (Å²) in [6.45, 7) is 2.07. The molecule has 7 heavy (non-hydrogen) atoms. The van der Waals surface area contributed by atoms with Crippen molar-refractivity contribution < 1.29 is 0 Å². The number of hydrogen-bond acceptors (Lipinski definition) is 2. The Hall–Kier alpha value is -0.0800. The summed E-state index contributed by atoms with van der Waals surface area (Å²) in [6, 6.07) is 0.823. The van der Waals surface area contributed by atoms with Crippen LogP contribution in [0.3, 0.4) is 0 Å². The molecule has 1 rings (SSSR count). The van der Waals surface area contributed by atoms with Crippen LogP contribution in [0, 0.1) is 0 Å². The molecule has 1 heterocycles. The zero-order valence-electron chi connectivity index (χ0n) is 4.48. The molecule has 0 bridgehead atoms. The van der Waals surface area contributed by atoms with Gasteiger partial charge in [0.25, 0.3) is 0 Å². The number of hydrogen-bond donors (Lipinski definition) is 2. The molecular weight excluding hydrogens is 88.1 g/mol. The van der Waals surface area contributed by atoms with Crippen molar-refractivity contribution >= 4 is 0 Å². The average molecular weight is 100 g/mol. The summed E-state index contributed by atoms with van der Waals surface area (Å²) in [5.41, 5.74) is 5.28. The van der Waals surface area contributed by atoms with Gasteiger partial charge in [-0.2, -0.15) is 0 Å². The van der Waals surface area contributed by atoms with Gasteiger partial charge in [-0.25, -0.2) is 0 Å². The van der Waals surface area contributed by atoms with Crippen LogP contribution in [0.15, 0.2) is 0 Å². The lowest BCUT2D eigenvalue weighted by Crippen LogP contribution is -2.01. The molecule has 0 aromatic carbocycles. The molecule has 1 atom stereocenters. The monoisotopic (exact) mass is 100 g/mol. The van der Waals surface area contributed by atoms with Gasteiger partial charge < -0.3 is 11.1 Å². The van der Waals surface area contributed by atoms with Gasteiger partial charge in [0.05, 0.1) is 0 Å². The molecule has 0 amide bonds. The topological polar surface area (TPSA) is 48.0 Å². The van der Waals surface area contributed by atoms with Crippen LogP contribution in [0.1, 0.15) is 12.8 Å². The normalized spacial score (nSPS) is 27.9. The summed E-state index contributed by atoms with van der Waals surface area (Å²) in [7, 11) is 0. The Morgan fingerprint density at radius 2 is 2.43 bits per heavy atom. The Morgan fingerprint density at radius 3 is 2.86 bits per heavy atom. The molecule has 2 nitrogen and oxygen atoms in total. The first-order chi connectivity index (χ1) is 3.43. The van der Waals surface area contributed by atoms with Crippen LogP contribution in [-0.4, -0.2) is 19.1 Å². The SMILES string of the molecule is NCCCC1CN1. The van der Waals surface area contributed by atoms with E-state index in [1.165, 1.54) is 19.4 Å². The molecule has 1 unspecified atom stereocenters. The molecule has 1 fully saturated rings. The van der Waals surface area contributed by atoms with Crippen LogP contribution in [0.5, 0.6) is 0 Å². The second-order valence-corrected chi connectivity index (χ2v) is 2.04. The Morgan fingerprint density at radius 1 is 1.71 bits per heavy atom. The van der Waals surface area contributed by atoms with Gasteiger partial charge in [0.1, 0.15) is 0 Å². The van der Waals surface area contributed by atoms with E-state index in [1.807, 2.05) is 0 Å². The maximum Gasteiger partial charge on any atom is 0.0193 e. The lowest BCUT2D eigenvalue weighted by molar-refractivity contribution is 0.733. The molecule has 1 aliphatic rings. The van der Waals surface area contributed by atoms with E-state index in [-0.39, 0.29) is 0 Å². The van der Waals surface area contributed by atoms with Gasteiger partial charge in [-0.3, -0.25) is 0 Å². The summed E-state index contributed by atoms with van der Waals surface area (Å²) < 4.78 is 0. The van der Waals surface area contributed by atoms with E-state index in [0.717, 1.165) is 12.6 Å². The predicted octanol–water partition coefficient (Wildman–Crippen LogP) is -0.303. The zero-order valence-corrected chi connectivity index (χ0v) is 4.48. The summed E-state index contributed by atoms with van der Waals surface area (Å²) in [4.78, 5) is 0. The molecule has 1 saturated heterocycles. The smallest absolute Gasteiger partial charge is 0.0193 e. The fourth-order valence-electron chi connectivity index (χ4n) is 0.652. The molecule has 0 aliphatic carbocycles. The van der Waals surface area contributed by atoms with Gasteiger partial charge in [-0.05, 0) is 19.4 Å². The molecule has 0 aromatic heterocycles. The number of nitrogens with one attached hydrogen (secondary N) is 1. The maximum atomic E-state index is 5.28. The van der Waals surface area contributed by atoms with E-state index >= 15 is 0 Å². The van der Waals surface area contributed by atoms with E-state index in [9.17, 15) is 0 Å². The second kappa shape index (κ2) is 2.28. The molecule has 0 spiro atoms. The quantitative estimate of drug-likeness (QED) is 0.478. The highest BCUT2D eigenvalue weighted by atomic mass is 15.1. The van der Waals surface area contributed by atoms with Crippen LogP contribution < -0.4 is 11.1 Å². The highest BCUT2D eigenvalue weighted by molar-refractivity contribution is 4.82. The van der Waals surface area contributed by atoms with Crippen LogP contribution >= 0.6 is 0 Å². The fourth-order valence-corrected chi connectivity index (χ4v) is 0.652. The lowest BCUT2D eigenvalue weighted by Gasteiger charge is -1.88. The first-order valence-electron chi connectivity index (χ1n) is 2.87. The lowest BCUT2D eigenvalue weighted by atomic mass is 10.2. The Kier molecular flexibility index (Phi) is 1.65. The Balaban J connectivity index is 1.80. The van der Waals surface area contributed by atoms with Gasteiger partial charge in [-0.1, -0.05) is 0 Å². The van der Waals surface area contributed by atoms with Crippen molar-refractivity contribution in [3.8, 4) is 0 Å². The van der Waals surface area contributed by atoms with Crippen molar-refractivity contribution in [2.45, 2.75) is 18.9 Å². The van der Waals surface area contributed by atoms with Crippen molar-refractivity contribution in [2.24, 2.45) is 5.73 Å². The minimum absolute atomic E-state index is 0.823. The molecule has 2 heteroatoms. The summed E-state index contributed by atoms with van der Waals surface area (Å²) in [5, 5.41) is 3.21. The average Bonchev–Trinajstić information content (AvgIpc) is 2.42. The molecule has 3 N–H and O–H groups in total. The molecule has 42 valence electrons. The van der Waals surface area contributed by atoms with E-state index in [2.05, 4.69) is 5.32 Å². The third kappa shape index (κ3) is 1.90. The van der Waals surface area contributed by atoms with Crippen molar-refractivity contribution in [3.63, 3.8) is 0 Å². The van der Waals surface area contributed by atoms with Crippen molar-refractivity contribution in [1.82, 2.24) is 5.32 Å². The first-order valence-corrected chi connectivity index (χ1v) is 2.87. The Labute approximate surface area is 44.1 Å². The summed E-state index contributed by atoms with van der Waals surface area (Å²) in [6.07, 6.45) is 2.45. The summed E-state index contributed by atoms with van der Waals surface area (Å²) in [5.74, 6) is 0. The van der Waals surface area contributed by atoms with Gasteiger partial charge >= 0.3 is 0 Å². The van der Waals surface area contributed by atoms with Crippen LogP contribution in [0.25, 0.3) is 0 Å². The van der Waals surface area contributed by atoms with Crippen molar-refractivity contribution in [1.29, 1.82) is 0 Å². The number of rotatable bonds is 3. The van der Waals surface area contributed by atoms with Gasteiger partial charge in [-0.15, -0.1) is 0 Å². The van der Waals surface area contributed by atoms with Crippen LogP contribution in [0.4, 0.5) is 0 Å². The predicted molar refractivity (Wildman–Crippen MR) is 30.1 cm³/mol. The Bertz CT molecular complexity index is 50.0. The third-order valence-electron chi connectivity index (χ3n) is 1.25. The van der Waals surface area contributed by atoms with E-state index in [1.54, 1.807) is 0 Å². The van der Waals surface area contributed by atoms with Gasteiger partial charge in [0, 0.05) is 12.6 Å². The van der Waals surface area contributed by atoms with Gasteiger partial charge in [0.2, 0.25) is 0 Å². The summed E-state index contributed by atoms with van der Waals surface area (Å²) >= 11 is 0. The zero-order chi connectivity index (χ0) is 5.11. The maximum absolute atomic E-state index is 5.28. The minimum atomic E-state index is 0.823. The minimum Gasteiger partial charge on any atom is -0.330 e. The number of nitrogens with two attached hydrogens (primary N) is 1. The van der Waals surface area contributed by atoms with Gasteiger partial charge in [0.15, 0.2) is 0 Å². The molecule has 0 radical (unpaired) electrons. The third-order valence-corrected chi connectivity index (χ3v) is 1.25.